The number of hydrogen-bond acceptors (Lipinski definition) is 8. The molecule has 0 radical (unpaired) electrons. The molecule has 4 aromatic rings. The summed E-state index contributed by atoms with van der Waals surface area (Å²) in [6.07, 6.45) is 0.284. The fraction of sp³-hybridized carbons (Fsp3) is 0.125. The molecule has 0 spiro atoms. The average Bonchev–Trinajstić information content (AvgIpc) is 2.76. The first-order valence-electron chi connectivity index (χ1n) is 9.74. The average molecular weight is 436 g/mol. The van der Waals surface area contributed by atoms with E-state index in [1.54, 1.807) is 24.3 Å². The lowest BCUT2D eigenvalue weighted by molar-refractivity contribution is 0.202. The summed E-state index contributed by atoms with van der Waals surface area (Å²) >= 11 is 0. The highest BCUT2D eigenvalue weighted by Crippen LogP contribution is 2.37. The Morgan fingerprint density at radius 3 is 2.47 bits per heavy atom. The van der Waals surface area contributed by atoms with E-state index >= 15 is 0 Å². The van der Waals surface area contributed by atoms with Crippen LogP contribution < -0.4 is 10.2 Å². The molecule has 3 aromatic carbocycles. The number of rotatable bonds is 6. The van der Waals surface area contributed by atoms with Crippen LogP contribution in [0.2, 0.25) is 0 Å². The van der Waals surface area contributed by atoms with Gasteiger partial charge in [0.1, 0.15) is 40.6 Å². The first-order chi connectivity index (χ1) is 15.4. The number of fused-ring (bicyclic) bond motifs is 1. The minimum Gasteiger partial charge on any atom is -0.508 e. The molecule has 0 aliphatic rings. The van der Waals surface area contributed by atoms with Crippen molar-refractivity contribution in [3.63, 3.8) is 0 Å². The summed E-state index contributed by atoms with van der Waals surface area (Å²) in [5.41, 5.74) is 0.779. The van der Waals surface area contributed by atoms with Gasteiger partial charge < -0.3 is 34.7 Å². The van der Waals surface area contributed by atoms with Crippen LogP contribution in [0.3, 0.4) is 0 Å². The second kappa shape index (κ2) is 8.52. The summed E-state index contributed by atoms with van der Waals surface area (Å²) in [4.78, 5) is 12.9. The summed E-state index contributed by atoms with van der Waals surface area (Å²) in [5.74, 6) is -0.961. The lowest BCUT2D eigenvalue weighted by atomic mass is 10.00. The molecule has 0 fully saturated rings. The largest absolute Gasteiger partial charge is 0.508 e. The first-order valence-corrected chi connectivity index (χ1v) is 9.74. The van der Waals surface area contributed by atoms with Gasteiger partial charge in [0.2, 0.25) is 11.2 Å². The van der Waals surface area contributed by atoms with Crippen molar-refractivity contribution >= 4 is 11.0 Å². The summed E-state index contributed by atoms with van der Waals surface area (Å²) in [6, 6.07) is 13.5. The van der Waals surface area contributed by atoms with E-state index in [-0.39, 0.29) is 59.4 Å². The van der Waals surface area contributed by atoms with E-state index in [1.807, 2.05) is 0 Å². The Morgan fingerprint density at radius 1 is 0.906 bits per heavy atom. The maximum absolute atomic E-state index is 12.9. The van der Waals surface area contributed by atoms with Crippen LogP contribution in [0.25, 0.3) is 22.3 Å². The summed E-state index contributed by atoms with van der Waals surface area (Å²) < 4.78 is 11.1. The van der Waals surface area contributed by atoms with Crippen LogP contribution in [-0.2, 0) is 6.42 Å². The van der Waals surface area contributed by atoms with Crippen LogP contribution in [0.4, 0.5) is 0 Å². The zero-order valence-electron chi connectivity index (χ0n) is 16.8. The molecule has 0 unspecified atom stereocenters. The maximum atomic E-state index is 12.9. The Labute approximate surface area is 181 Å². The molecule has 0 bridgehead atoms. The highest BCUT2D eigenvalue weighted by Gasteiger charge is 2.20. The number of phenols is 3. The van der Waals surface area contributed by atoms with Crippen molar-refractivity contribution < 1.29 is 34.7 Å². The third-order valence-corrected chi connectivity index (χ3v) is 4.92. The van der Waals surface area contributed by atoms with Crippen LogP contribution in [0, 0.1) is 0 Å². The van der Waals surface area contributed by atoms with E-state index in [2.05, 4.69) is 0 Å². The first kappa shape index (κ1) is 21.1. The molecule has 0 atom stereocenters. The monoisotopic (exact) mass is 436 g/mol. The van der Waals surface area contributed by atoms with Gasteiger partial charge in [-0.15, -0.1) is 0 Å². The van der Waals surface area contributed by atoms with Crippen molar-refractivity contribution in [2.45, 2.75) is 6.42 Å². The predicted molar refractivity (Wildman–Crippen MR) is 116 cm³/mol. The zero-order valence-corrected chi connectivity index (χ0v) is 16.8. The molecular weight excluding hydrogens is 416 g/mol. The molecule has 5 N–H and O–H groups in total. The summed E-state index contributed by atoms with van der Waals surface area (Å²) in [6.45, 7) is -0.418. The van der Waals surface area contributed by atoms with Gasteiger partial charge in [0.05, 0.1) is 6.61 Å². The number of aromatic hydroxyl groups is 4. The number of ether oxygens (including phenoxy) is 1. The maximum Gasteiger partial charge on any atom is 0.238 e. The quantitative estimate of drug-likeness (QED) is 0.310. The Morgan fingerprint density at radius 2 is 1.72 bits per heavy atom. The van der Waals surface area contributed by atoms with Gasteiger partial charge in [-0.3, -0.25) is 4.79 Å². The molecule has 0 amide bonds. The second-order valence-corrected chi connectivity index (χ2v) is 7.19. The van der Waals surface area contributed by atoms with E-state index in [0.29, 0.717) is 11.1 Å². The lowest BCUT2D eigenvalue weighted by Crippen LogP contribution is -2.08. The van der Waals surface area contributed by atoms with Crippen LogP contribution in [0.1, 0.15) is 11.1 Å². The molecular formula is C24H20O8. The minimum atomic E-state index is -0.767. The van der Waals surface area contributed by atoms with E-state index in [4.69, 9.17) is 14.3 Å². The molecule has 1 aromatic heterocycles. The van der Waals surface area contributed by atoms with Crippen molar-refractivity contribution in [2.75, 3.05) is 13.2 Å². The van der Waals surface area contributed by atoms with Crippen molar-refractivity contribution in [3.8, 4) is 40.1 Å². The van der Waals surface area contributed by atoms with E-state index in [0.717, 1.165) is 5.56 Å². The molecule has 164 valence electrons. The highest BCUT2D eigenvalue weighted by atomic mass is 16.5. The molecule has 8 nitrogen and oxygen atoms in total. The van der Waals surface area contributed by atoms with Crippen LogP contribution in [0.5, 0.6) is 28.7 Å². The molecule has 8 heteroatoms. The topological polar surface area (TPSA) is 141 Å². The standard InChI is InChI=1S/C24H20O8/c25-6-7-31-19-11-17(27)12-20-21(19)22(29)23(30)24(32-20)14-4-5-18(28)15(10-14)8-13-2-1-3-16(26)9-13/h1-5,9-12,25-28,30H,6-8H2. The van der Waals surface area contributed by atoms with E-state index in [9.17, 15) is 25.2 Å². The molecule has 0 saturated carbocycles. The van der Waals surface area contributed by atoms with Gasteiger partial charge in [-0.25, -0.2) is 0 Å². The predicted octanol–water partition coefficient (Wildman–Crippen LogP) is 3.24. The van der Waals surface area contributed by atoms with Crippen molar-refractivity contribution in [2.24, 2.45) is 0 Å². The third kappa shape index (κ3) is 4.03. The van der Waals surface area contributed by atoms with Crippen molar-refractivity contribution in [1.29, 1.82) is 0 Å². The third-order valence-electron chi connectivity index (χ3n) is 4.92. The number of aliphatic hydroxyl groups excluding tert-OH is 1. The van der Waals surface area contributed by atoms with Gasteiger partial charge in [0.15, 0.2) is 5.76 Å². The molecule has 0 aliphatic heterocycles. The van der Waals surface area contributed by atoms with Gasteiger partial charge in [-0.2, -0.15) is 0 Å². The number of phenolic OH excluding ortho intramolecular Hbond substituents is 3. The number of hydrogen-bond donors (Lipinski definition) is 5. The van der Waals surface area contributed by atoms with E-state index in [1.165, 1.54) is 30.3 Å². The Hall–Kier alpha value is -4.17. The van der Waals surface area contributed by atoms with Crippen LogP contribution in [0.15, 0.2) is 63.8 Å². The zero-order chi connectivity index (χ0) is 22.8. The second-order valence-electron chi connectivity index (χ2n) is 7.19. The molecule has 1 heterocycles. The minimum absolute atomic E-state index is 0.00273. The van der Waals surface area contributed by atoms with E-state index < -0.39 is 11.2 Å². The molecule has 0 saturated heterocycles. The van der Waals surface area contributed by atoms with Gasteiger partial charge in [-0.1, -0.05) is 12.1 Å². The molecule has 4 rings (SSSR count). The highest BCUT2D eigenvalue weighted by molar-refractivity contribution is 5.88. The normalized spacial score (nSPS) is 11.0. The Bertz CT molecular complexity index is 1360. The Balaban J connectivity index is 1.83. The van der Waals surface area contributed by atoms with Gasteiger partial charge in [0.25, 0.3) is 0 Å². The van der Waals surface area contributed by atoms with Crippen molar-refractivity contribution in [1.82, 2.24) is 0 Å². The fourth-order valence-electron chi connectivity index (χ4n) is 3.48. The number of aliphatic hydroxyl groups is 1. The Kier molecular flexibility index (Phi) is 5.61. The van der Waals surface area contributed by atoms with Gasteiger partial charge in [-0.05, 0) is 41.5 Å². The summed E-state index contributed by atoms with van der Waals surface area (Å²) in [7, 11) is 0. The van der Waals surface area contributed by atoms with Gasteiger partial charge >= 0.3 is 0 Å². The van der Waals surface area contributed by atoms with Crippen molar-refractivity contribution in [3.05, 3.63) is 75.9 Å². The fourth-order valence-corrected chi connectivity index (χ4v) is 3.48. The smallest absolute Gasteiger partial charge is 0.238 e. The lowest BCUT2D eigenvalue weighted by Gasteiger charge is -2.12. The molecule has 0 aliphatic carbocycles. The molecule has 32 heavy (non-hydrogen) atoms. The van der Waals surface area contributed by atoms with Gasteiger partial charge in [0, 0.05) is 24.1 Å². The SMILES string of the molecule is O=c1c(O)c(-c2ccc(O)c(Cc3cccc(O)c3)c2)oc2cc(O)cc(OCCO)c12. The van der Waals surface area contributed by atoms with Crippen LogP contribution >= 0.6 is 0 Å². The van der Waals surface area contributed by atoms with Crippen LogP contribution in [-0.4, -0.2) is 38.7 Å². The number of benzene rings is 3. The summed E-state index contributed by atoms with van der Waals surface area (Å²) in [5, 5.41) is 49.4.